The van der Waals surface area contributed by atoms with Crippen molar-refractivity contribution in [3.05, 3.63) is 68.4 Å². The maximum Gasteiger partial charge on any atom is 0.434 e. The van der Waals surface area contributed by atoms with E-state index in [4.69, 9.17) is 4.74 Å². The third kappa shape index (κ3) is 4.86. The van der Waals surface area contributed by atoms with Crippen LogP contribution in [0.5, 0.6) is 5.75 Å². The second-order valence-corrected chi connectivity index (χ2v) is 9.05. The highest BCUT2D eigenvalue weighted by Gasteiger charge is 2.34. The van der Waals surface area contributed by atoms with Gasteiger partial charge in [-0.1, -0.05) is 31.6 Å². The van der Waals surface area contributed by atoms with Gasteiger partial charge in [0.2, 0.25) is 0 Å². The van der Waals surface area contributed by atoms with E-state index in [1.807, 2.05) is 24.3 Å². The number of aromatic nitrogens is 3. The minimum Gasteiger partial charge on any atom is -0.496 e. The summed E-state index contributed by atoms with van der Waals surface area (Å²) in [4.78, 5) is 21.9. The summed E-state index contributed by atoms with van der Waals surface area (Å²) in [7, 11) is 1.63. The van der Waals surface area contributed by atoms with Crippen molar-refractivity contribution in [2.75, 3.05) is 7.11 Å². The van der Waals surface area contributed by atoms with Gasteiger partial charge in [-0.3, -0.25) is 9.20 Å². The number of thiazole rings is 2. The van der Waals surface area contributed by atoms with Gasteiger partial charge in [0.05, 0.1) is 19.2 Å². The van der Waals surface area contributed by atoms with E-state index in [1.54, 1.807) is 29.2 Å². The fraction of sp³-hybridized carbons (Fsp3) is 0.261. The molecule has 172 valence electrons. The van der Waals surface area contributed by atoms with Gasteiger partial charge >= 0.3 is 6.18 Å². The quantitative estimate of drug-likeness (QED) is 0.267. The number of ketones is 1. The average Bonchev–Trinajstić information content (AvgIpc) is 3.48. The molecular weight excluding hydrogens is 471 g/mol. The van der Waals surface area contributed by atoms with Gasteiger partial charge in [0, 0.05) is 22.5 Å². The van der Waals surface area contributed by atoms with Crippen LogP contribution in [-0.4, -0.2) is 27.3 Å². The Balaban J connectivity index is 1.68. The molecule has 3 heterocycles. The Morgan fingerprint density at radius 2 is 2.03 bits per heavy atom. The Morgan fingerprint density at radius 3 is 2.73 bits per heavy atom. The summed E-state index contributed by atoms with van der Waals surface area (Å²) in [5, 5.41) is 2.85. The lowest BCUT2D eigenvalue weighted by Crippen LogP contribution is -2.09. The van der Waals surface area contributed by atoms with E-state index in [0.29, 0.717) is 16.3 Å². The van der Waals surface area contributed by atoms with Gasteiger partial charge in [-0.15, -0.1) is 22.7 Å². The van der Waals surface area contributed by atoms with Gasteiger partial charge in [0.15, 0.2) is 16.4 Å². The second kappa shape index (κ2) is 9.48. The van der Waals surface area contributed by atoms with Gasteiger partial charge in [-0.05, 0) is 24.1 Å². The molecule has 4 rings (SSSR count). The van der Waals surface area contributed by atoms with Crippen LogP contribution in [0.3, 0.4) is 0 Å². The molecule has 0 N–H and O–H groups in total. The van der Waals surface area contributed by atoms with Gasteiger partial charge in [-0.2, -0.15) is 13.2 Å². The lowest BCUT2D eigenvalue weighted by atomic mass is 10.0. The smallest absolute Gasteiger partial charge is 0.434 e. The molecule has 5 nitrogen and oxygen atoms in total. The number of Topliss-reactive ketones (excluding diaryl/α,β-unsaturated/α-hetero) is 1. The minimum absolute atomic E-state index is 0.116. The van der Waals surface area contributed by atoms with Crippen molar-refractivity contribution in [3.63, 3.8) is 0 Å². The second-order valence-electron chi connectivity index (χ2n) is 7.24. The minimum atomic E-state index is -4.53. The van der Waals surface area contributed by atoms with Crippen molar-refractivity contribution in [1.82, 2.24) is 14.4 Å². The van der Waals surface area contributed by atoms with Crippen LogP contribution >= 0.6 is 22.7 Å². The van der Waals surface area contributed by atoms with Crippen LogP contribution in [0.15, 0.2) is 35.2 Å². The molecule has 0 radical (unpaired) electrons. The molecule has 0 spiro atoms. The normalized spacial score (nSPS) is 12.2. The van der Waals surface area contributed by atoms with Crippen molar-refractivity contribution in [1.29, 1.82) is 0 Å². The average molecular weight is 492 g/mol. The molecular formula is C23H20F3N3O2S2. The zero-order chi connectivity index (χ0) is 23.6. The largest absolute Gasteiger partial charge is 0.496 e. The molecule has 0 unspecified atom stereocenters. The third-order valence-electron chi connectivity index (χ3n) is 5.02. The molecule has 4 aromatic rings. The highest BCUT2D eigenvalue weighted by molar-refractivity contribution is 7.15. The molecule has 33 heavy (non-hydrogen) atoms. The van der Waals surface area contributed by atoms with Crippen LogP contribution in [0.2, 0.25) is 0 Å². The van der Waals surface area contributed by atoms with E-state index in [2.05, 4.69) is 16.9 Å². The fourth-order valence-corrected chi connectivity index (χ4v) is 5.08. The van der Waals surface area contributed by atoms with E-state index in [1.165, 1.54) is 11.3 Å². The number of methoxy groups -OCH3 is 1. The van der Waals surface area contributed by atoms with Crippen LogP contribution in [0, 0.1) is 0 Å². The molecule has 0 atom stereocenters. The standard InChI is InChI=1S/C23H20F3N3O2S2/c1-3-5-15-14(6-4-7-18(15)31-2)8-9-16-21(29-10-11-32-22(29)27-16)17(30)12-20-28-19(13-33-20)23(24,25)26/h4,6-11,13H,3,5,12H2,1-2H3. The number of halogens is 3. The number of alkyl halides is 3. The van der Waals surface area contributed by atoms with Crippen molar-refractivity contribution in [2.45, 2.75) is 32.4 Å². The van der Waals surface area contributed by atoms with Gasteiger partial charge in [0.25, 0.3) is 0 Å². The van der Waals surface area contributed by atoms with Gasteiger partial charge < -0.3 is 4.74 Å². The SMILES string of the molecule is CCCc1c(C=Cc2nc3sccn3c2C(=O)Cc2nc(C(F)(F)F)cs2)cccc1OC. The number of nitrogens with zero attached hydrogens (tertiary/aromatic N) is 3. The van der Waals surface area contributed by atoms with Crippen LogP contribution in [0.1, 0.15) is 51.4 Å². The summed E-state index contributed by atoms with van der Waals surface area (Å²) >= 11 is 2.20. The first kappa shape index (κ1) is 23.2. The van der Waals surface area contributed by atoms with Crippen LogP contribution in [0.4, 0.5) is 13.2 Å². The summed E-state index contributed by atoms with van der Waals surface area (Å²) < 4.78 is 45.8. The fourth-order valence-electron chi connectivity index (χ4n) is 3.56. The number of benzene rings is 1. The first-order valence-corrected chi connectivity index (χ1v) is 11.9. The Labute approximate surface area is 196 Å². The zero-order valence-corrected chi connectivity index (χ0v) is 19.5. The van der Waals surface area contributed by atoms with Crippen LogP contribution in [0.25, 0.3) is 17.1 Å². The third-order valence-corrected chi connectivity index (χ3v) is 6.62. The predicted molar refractivity (Wildman–Crippen MR) is 124 cm³/mol. The monoisotopic (exact) mass is 491 g/mol. The van der Waals surface area contributed by atoms with E-state index in [-0.39, 0.29) is 17.2 Å². The first-order valence-electron chi connectivity index (χ1n) is 10.2. The van der Waals surface area contributed by atoms with Crippen molar-refractivity contribution in [3.8, 4) is 5.75 Å². The Bertz CT molecular complexity index is 1320. The van der Waals surface area contributed by atoms with E-state index >= 15 is 0 Å². The molecule has 0 amide bonds. The molecule has 0 aliphatic rings. The zero-order valence-electron chi connectivity index (χ0n) is 17.8. The summed E-state index contributed by atoms with van der Waals surface area (Å²) in [5.74, 6) is 0.452. The molecule has 0 aliphatic heterocycles. The predicted octanol–water partition coefficient (Wildman–Crippen LogP) is 6.43. The topological polar surface area (TPSA) is 56.5 Å². The number of fused-ring (bicyclic) bond motifs is 1. The van der Waals surface area contributed by atoms with E-state index < -0.39 is 11.9 Å². The van der Waals surface area contributed by atoms with E-state index in [0.717, 1.165) is 46.4 Å². The number of hydrogen-bond acceptors (Lipinski definition) is 6. The number of carbonyl (C=O) groups is 1. The van der Waals surface area contributed by atoms with Crippen LogP contribution < -0.4 is 4.74 Å². The van der Waals surface area contributed by atoms with Gasteiger partial charge in [0.1, 0.15) is 16.5 Å². The summed E-state index contributed by atoms with van der Waals surface area (Å²) in [5.41, 5.74) is 1.83. The number of rotatable bonds is 8. The maximum absolute atomic E-state index is 13.1. The molecule has 0 saturated carbocycles. The molecule has 3 aromatic heterocycles. The molecule has 10 heteroatoms. The highest BCUT2D eigenvalue weighted by atomic mass is 32.1. The number of ether oxygens (including phenoxy) is 1. The summed E-state index contributed by atoms with van der Waals surface area (Å²) in [6.45, 7) is 2.09. The van der Waals surface area contributed by atoms with Gasteiger partial charge in [-0.25, -0.2) is 9.97 Å². The summed E-state index contributed by atoms with van der Waals surface area (Å²) in [6.07, 6.45) is 2.40. The van der Waals surface area contributed by atoms with Crippen molar-refractivity contribution >= 4 is 45.6 Å². The molecule has 0 fully saturated rings. The Hall–Kier alpha value is -2.98. The molecule has 0 saturated heterocycles. The Morgan fingerprint density at radius 1 is 1.21 bits per heavy atom. The number of imidazole rings is 1. The molecule has 0 bridgehead atoms. The maximum atomic E-state index is 13.1. The Kier molecular flexibility index (Phi) is 6.66. The lowest BCUT2D eigenvalue weighted by molar-refractivity contribution is -0.140. The molecule has 1 aromatic carbocycles. The number of hydrogen-bond donors (Lipinski definition) is 0. The van der Waals surface area contributed by atoms with Crippen molar-refractivity contribution in [2.24, 2.45) is 0 Å². The summed E-state index contributed by atoms with van der Waals surface area (Å²) in [6, 6.07) is 5.78. The molecule has 0 aliphatic carbocycles. The highest BCUT2D eigenvalue weighted by Crippen LogP contribution is 2.31. The first-order chi connectivity index (χ1) is 15.8. The van der Waals surface area contributed by atoms with E-state index in [9.17, 15) is 18.0 Å². The lowest BCUT2D eigenvalue weighted by Gasteiger charge is -2.10. The number of carbonyl (C=O) groups excluding carboxylic acids is 1. The van der Waals surface area contributed by atoms with Crippen molar-refractivity contribution < 1.29 is 22.7 Å². The van der Waals surface area contributed by atoms with Crippen LogP contribution in [-0.2, 0) is 19.0 Å².